The first-order valence-corrected chi connectivity index (χ1v) is 15.0. The second kappa shape index (κ2) is 21.7. The van der Waals surface area contributed by atoms with Crippen molar-refractivity contribution in [3.05, 3.63) is 0 Å². The maximum atomic E-state index is 6.06. The molecule has 0 unspecified atom stereocenters. The summed E-state index contributed by atoms with van der Waals surface area (Å²) in [6.45, 7) is 19.6. The molecule has 0 spiro atoms. The first kappa shape index (κ1) is 32.2. The normalized spacial score (nSPS) is 12.6. The fourth-order valence-electron chi connectivity index (χ4n) is 2.05. The second-order valence-corrected chi connectivity index (χ2v) is 13.8. The standard InChI is InChI=1S/C22H47ClO8Si/c1-22(2,3)32(4,5)31-21-20-30-19-18-29-17-16-28-15-14-27-13-12-26-11-10-25-9-8-24-7-6-23/h6-21H2,1-5H3. The van der Waals surface area contributed by atoms with Gasteiger partial charge in [0.2, 0.25) is 0 Å². The van der Waals surface area contributed by atoms with Crippen LogP contribution in [0.25, 0.3) is 0 Å². The Kier molecular flexibility index (Phi) is 21.8. The van der Waals surface area contributed by atoms with Crippen LogP contribution >= 0.6 is 11.6 Å². The summed E-state index contributed by atoms with van der Waals surface area (Å²) in [5.41, 5.74) is 0. The molecule has 194 valence electrons. The van der Waals surface area contributed by atoms with E-state index in [1.54, 1.807) is 0 Å². The van der Waals surface area contributed by atoms with Gasteiger partial charge in [0.05, 0.1) is 99.1 Å². The average Bonchev–Trinajstić information content (AvgIpc) is 2.73. The van der Waals surface area contributed by atoms with Gasteiger partial charge >= 0.3 is 0 Å². The molecule has 0 saturated heterocycles. The van der Waals surface area contributed by atoms with Crippen molar-refractivity contribution in [2.45, 2.75) is 38.9 Å². The summed E-state index contributed by atoms with van der Waals surface area (Å²) in [6, 6.07) is 0. The van der Waals surface area contributed by atoms with E-state index in [-0.39, 0.29) is 5.04 Å². The summed E-state index contributed by atoms with van der Waals surface area (Å²) in [7, 11) is -1.68. The van der Waals surface area contributed by atoms with E-state index in [2.05, 4.69) is 33.9 Å². The minimum Gasteiger partial charge on any atom is -0.414 e. The van der Waals surface area contributed by atoms with Crippen molar-refractivity contribution < 1.29 is 37.6 Å². The van der Waals surface area contributed by atoms with Crippen LogP contribution in [-0.4, -0.2) is 113 Å². The zero-order valence-corrected chi connectivity index (χ0v) is 22.7. The lowest BCUT2D eigenvalue weighted by Crippen LogP contribution is -2.41. The second-order valence-electron chi connectivity index (χ2n) is 8.58. The average molecular weight is 503 g/mol. The zero-order valence-electron chi connectivity index (χ0n) is 21.0. The van der Waals surface area contributed by atoms with Crippen LogP contribution in [0.5, 0.6) is 0 Å². The van der Waals surface area contributed by atoms with Crippen LogP contribution < -0.4 is 0 Å². The summed E-state index contributed by atoms with van der Waals surface area (Å²) in [5.74, 6) is 0.506. The number of ether oxygens (including phenoxy) is 7. The highest BCUT2D eigenvalue weighted by atomic mass is 35.5. The van der Waals surface area contributed by atoms with Crippen molar-refractivity contribution >= 4 is 19.9 Å². The van der Waals surface area contributed by atoms with E-state index < -0.39 is 8.32 Å². The number of hydrogen-bond donors (Lipinski definition) is 0. The Morgan fingerprint density at radius 1 is 0.469 bits per heavy atom. The van der Waals surface area contributed by atoms with E-state index in [0.29, 0.717) is 105 Å². The molecule has 0 N–H and O–H groups in total. The van der Waals surface area contributed by atoms with Gasteiger partial charge in [-0.15, -0.1) is 11.6 Å². The largest absolute Gasteiger partial charge is 0.414 e. The van der Waals surface area contributed by atoms with Gasteiger partial charge in [0.25, 0.3) is 0 Å². The molecular formula is C22H47ClO8Si. The SMILES string of the molecule is CC(C)(C)[Si](C)(C)OCCOCCOCCOCCOCCOCCOCCOCCCl. The van der Waals surface area contributed by atoms with Crippen LogP contribution in [-0.2, 0) is 37.6 Å². The van der Waals surface area contributed by atoms with Crippen molar-refractivity contribution in [3.8, 4) is 0 Å². The van der Waals surface area contributed by atoms with E-state index in [4.69, 9.17) is 49.2 Å². The van der Waals surface area contributed by atoms with Gasteiger partial charge in [-0.1, -0.05) is 20.8 Å². The molecule has 0 fully saturated rings. The topological polar surface area (TPSA) is 73.8 Å². The van der Waals surface area contributed by atoms with Gasteiger partial charge in [0.15, 0.2) is 8.32 Å². The van der Waals surface area contributed by atoms with E-state index in [1.807, 2.05) is 0 Å². The van der Waals surface area contributed by atoms with Crippen molar-refractivity contribution in [1.29, 1.82) is 0 Å². The van der Waals surface area contributed by atoms with Gasteiger partial charge in [0, 0.05) is 5.88 Å². The third-order valence-corrected chi connectivity index (χ3v) is 9.64. The van der Waals surface area contributed by atoms with Gasteiger partial charge in [-0.05, 0) is 18.1 Å². The van der Waals surface area contributed by atoms with Crippen molar-refractivity contribution in [1.82, 2.24) is 0 Å². The quantitative estimate of drug-likeness (QED) is 0.113. The fraction of sp³-hybridized carbons (Fsp3) is 1.00. The van der Waals surface area contributed by atoms with E-state index in [9.17, 15) is 0 Å². The van der Waals surface area contributed by atoms with Crippen LogP contribution in [0.1, 0.15) is 20.8 Å². The lowest BCUT2D eigenvalue weighted by molar-refractivity contribution is -0.0209. The van der Waals surface area contributed by atoms with E-state index in [0.717, 1.165) is 0 Å². The molecule has 0 atom stereocenters. The molecular weight excluding hydrogens is 456 g/mol. The van der Waals surface area contributed by atoms with Crippen LogP contribution in [0.4, 0.5) is 0 Å². The Morgan fingerprint density at radius 2 is 0.719 bits per heavy atom. The van der Waals surface area contributed by atoms with Crippen molar-refractivity contribution in [2.75, 3.05) is 105 Å². The molecule has 0 amide bonds. The lowest BCUT2D eigenvalue weighted by atomic mass is 10.2. The minimum atomic E-state index is -1.68. The van der Waals surface area contributed by atoms with E-state index >= 15 is 0 Å². The van der Waals surface area contributed by atoms with Gasteiger partial charge in [-0.25, -0.2) is 0 Å². The molecule has 0 heterocycles. The number of halogens is 1. The van der Waals surface area contributed by atoms with Crippen LogP contribution in [0.2, 0.25) is 18.1 Å². The Labute approximate surface area is 201 Å². The Morgan fingerprint density at radius 3 is 0.969 bits per heavy atom. The predicted octanol–water partition coefficient (Wildman–Crippen LogP) is 3.36. The van der Waals surface area contributed by atoms with Gasteiger partial charge in [-0.3, -0.25) is 0 Å². The predicted molar refractivity (Wildman–Crippen MR) is 130 cm³/mol. The Hall–Kier alpha value is 0.187. The molecule has 0 aliphatic heterocycles. The molecule has 0 aliphatic carbocycles. The number of hydrogen-bond acceptors (Lipinski definition) is 8. The summed E-state index contributed by atoms with van der Waals surface area (Å²) >= 11 is 5.50. The minimum absolute atomic E-state index is 0.227. The molecule has 0 aliphatic rings. The first-order chi connectivity index (χ1) is 15.3. The van der Waals surface area contributed by atoms with Gasteiger partial charge in [-0.2, -0.15) is 0 Å². The summed E-state index contributed by atoms with van der Waals surface area (Å²) in [4.78, 5) is 0. The summed E-state index contributed by atoms with van der Waals surface area (Å²) in [5, 5.41) is 0.227. The summed E-state index contributed by atoms with van der Waals surface area (Å²) in [6.07, 6.45) is 0. The molecule has 10 heteroatoms. The third-order valence-electron chi connectivity index (χ3n) is 4.95. The molecule has 0 saturated carbocycles. The fourth-order valence-corrected chi connectivity index (χ4v) is 3.18. The van der Waals surface area contributed by atoms with E-state index in [1.165, 1.54) is 0 Å². The smallest absolute Gasteiger partial charge is 0.192 e. The Balaban J connectivity index is 3.15. The highest BCUT2D eigenvalue weighted by Gasteiger charge is 2.36. The monoisotopic (exact) mass is 502 g/mol. The number of alkyl halides is 1. The molecule has 32 heavy (non-hydrogen) atoms. The molecule has 0 rings (SSSR count). The van der Waals surface area contributed by atoms with Crippen molar-refractivity contribution in [3.63, 3.8) is 0 Å². The maximum Gasteiger partial charge on any atom is 0.192 e. The molecule has 0 bridgehead atoms. The highest BCUT2D eigenvalue weighted by Crippen LogP contribution is 2.36. The first-order valence-electron chi connectivity index (χ1n) is 11.6. The van der Waals surface area contributed by atoms with Crippen LogP contribution in [0.15, 0.2) is 0 Å². The van der Waals surface area contributed by atoms with Gasteiger partial charge in [0.1, 0.15) is 0 Å². The molecule has 0 aromatic carbocycles. The maximum absolute atomic E-state index is 6.06. The molecule has 0 radical (unpaired) electrons. The van der Waals surface area contributed by atoms with Crippen LogP contribution in [0, 0.1) is 0 Å². The molecule has 0 aromatic heterocycles. The zero-order chi connectivity index (χ0) is 24.0. The highest BCUT2D eigenvalue weighted by molar-refractivity contribution is 6.74. The molecule has 8 nitrogen and oxygen atoms in total. The number of rotatable bonds is 24. The van der Waals surface area contributed by atoms with Crippen LogP contribution in [0.3, 0.4) is 0 Å². The lowest BCUT2D eigenvalue weighted by Gasteiger charge is -2.36. The van der Waals surface area contributed by atoms with Gasteiger partial charge < -0.3 is 37.6 Å². The Bertz CT molecular complexity index is 397. The third kappa shape index (κ3) is 20.8. The summed E-state index contributed by atoms with van der Waals surface area (Å²) < 4.78 is 44.0. The van der Waals surface area contributed by atoms with Crippen molar-refractivity contribution in [2.24, 2.45) is 0 Å². The molecule has 0 aromatic rings.